The summed E-state index contributed by atoms with van der Waals surface area (Å²) in [4.78, 5) is 40.3. The lowest BCUT2D eigenvalue weighted by atomic mass is 10.0. The molecule has 9 heteroatoms. The summed E-state index contributed by atoms with van der Waals surface area (Å²) >= 11 is 1.49. The number of rotatable bonds is 9. The molecule has 1 atom stereocenters. The van der Waals surface area contributed by atoms with Crippen LogP contribution in [0.5, 0.6) is 0 Å². The molecule has 2 rings (SSSR count). The lowest BCUT2D eigenvalue weighted by molar-refractivity contribution is -0.142. The van der Waals surface area contributed by atoms with Gasteiger partial charge in [0, 0.05) is 0 Å². The topological polar surface area (TPSA) is 122 Å². The number of carboxylic acids is 1. The maximum absolute atomic E-state index is 12.1. The third kappa shape index (κ3) is 6.21. The summed E-state index contributed by atoms with van der Waals surface area (Å²) in [6.07, 6.45) is 0.293. The van der Waals surface area contributed by atoms with Gasteiger partial charge in [-0.15, -0.1) is 11.3 Å². The first-order valence-corrected chi connectivity index (χ1v) is 9.43. The van der Waals surface area contributed by atoms with Gasteiger partial charge in [-0.3, -0.25) is 9.59 Å². The minimum absolute atomic E-state index is 0.0255. The van der Waals surface area contributed by atoms with Crippen LogP contribution >= 0.6 is 11.3 Å². The standard InChI is InChI=1S/C18H23N3O5S/c1-10(2)7-13(18(24)25)20-16(23)9-19-15(22)8-12-11(3)26-17(21-12)14-5-4-6-27-14/h4-6,10,13H,7-9H2,1-3H3,(H,19,22)(H,20,23)(H,24,25)/t13-/m0/s1. The van der Waals surface area contributed by atoms with Crippen molar-refractivity contribution in [2.45, 2.75) is 39.7 Å². The number of nitrogens with one attached hydrogen (secondary N) is 2. The second-order valence-electron chi connectivity index (χ2n) is 6.54. The molecule has 0 aliphatic heterocycles. The number of oxazole rings is 1. The zero-order valence-electron chi connectivity index (χ0n) is 15.4. The highest BCUT2D eigenvalue weighted by Crippen LogP contribution is 2.25. The number of amides is 2. The summed E-state index contributed by atoms with van der Waals surface area (Å²) in [6, 6.07) is 2.79. The van der Waals surface area contributed by atoms with Gasteiger partial charge in [-0.2, -0.15) is 0 Å². The van der Waals surface area contributed by atoms with E-state index in [0.29, 0.717) is 23.8 Å². The highest BCUT2D eigenvalue weighted by atomic mass is 32.1. The van der Waals surface area contributed by atoms with Crippen molar-refractivity contribution >= 4 is 29.1 Å². The molecular weight excluding hydrogens is 370 g/mol. The van der Waals surface area contributed by atoms with Gasteiger partial charge in [0.05, 0.1) is 23.5 Å². The first kappa shape index (κ1) is 20.6. The smallest absolute Gasteiger partial charge is 0.326 e. The van der Waals surface area contributed by atoms with Crippen LogP contribution in [0.1, 0.15) is 31.7 Å². The van der Waals surface area contributed by atoms with Crippen LogP contribution in [0.2, 0.25) is 0 Å². The number of hydrogen-bond donors (Lipinski definition) is 3. The molecule has 27 heavy (non-hydrogen) atoms. The van der Waals surface area contributed by atoms with Gasteiger partial charge in [-0.1, -0.05) is 19.9 Å². The van der Waals surface area contributed by atoms with E-state index in [1.807, 2.05) is 31.4 Å². The van der Waals surface area contributed by atoms with E-state index >= 15 is 0 Å². The lowest BCUT2D eigenvalue weighted by Crippen LogP contribution is -2.46. The van der Waals surface area contributed by atoms with E-state index in [1.165, 1.54) is 11.3 Å². The van der Waals surface area contributed by atoms with Gasteiger partial charge in [0.2, 0.25) is 17.7 Å². The summed E-state index contributed by atoms with van der Waals surface area (Å²) in [6.45, 7) is 5.17. The number of carbonyl (C=O) groups excluding carboxylic acids is 2. The Bertz CT molecular complexity index is 798. The van der Waals surface area contributed by atoms with Crippen LogP contribution in [0.4, 0.5) is 0 Å². The van der Waals surface area contributed by atoms with Gasteiger partial charge in [0.25, 0.3) is 0 Å². The predicted molar refractivity (Wildman–Crippen MR) is 100 cm³/mol. The zero-order chi connectivity index (χ0) is 20.0. The van der Waals surface area contributed by atoms with Crippen LogP contribution in [0, 0.1) is 12.8 Å². The molecule has 0 saturated carbocycles. The number of carbonyl (C=O) groups is 3. The molecule has 0 aliphatic rings. The molecule has 2 heterocycles. The number of nitrogens with zero attached hydrogens (tertiary/aromatic N) is 1. The van der Waals surface area contributed by atoms with Gasteiger partial charge >= 0.3 is 5.97 Å². The average molecular weight is 393 g/mol. The van der Waals surface area contributed by atoms with Gasteiger partial charge in [0.15, 0.2) is 0 Å². The Morgan fingerprint density at radius 3 is 2.63 bits per heavy atom. The predicted octanol–water partition coefficient (Wildman–Crippen LogP) is 1.99. The van der Waals surface area contributed by atoms with Crippen molar-refractivity contribution in [3.63, 3.8) is 0 Å². The summed E-state index contributed by atoms with van der Waals surface area (Å²) in [5, 5.41) is 15.9. The van der Waals surface area contributed by atoms with Crippen LogP contribution in [-0.2, 0) is 20.8 Å². The lowest BCUT2D eigenvalue weighted by Gasteiger charge is -2.16. The Labute approximate surface area is 161 Å². The van der Waals surface area contributed by atoms with E-state index in [4.69, 9.17) is 9.52 Å². The van der Waals surface area contributed by atoms with E-state index in [9.17, 15) is 14.4 Å². The zero-order valence-corrected chi connectivity index (χ0v) is 16.3. The van der Waals surface area contributed by atoms with Gasteiger partial charge in [0.1, 0.15) is 11.8 Å². The minimum Gasteiger partial charge on any atom is -0.480 e. The van der Waals surface area contributed by atoms with Crippen molar-refractivity contribution in [1.82, 2.24) is 15.6 Å². The fourth-order valence-corrected chi connectivity index (χ4v) is 3.08. The van der Waals surface area contributed by atoms with Crippen molar-refractivity contribution in [1.29, 1.82) is 0 Å². The summed E-state index contributed by atoms with van der Waals surface area (Å²) in [5.74, 6) is -0.916. The Morgan fingerprint density at radius 2 is 2.04 bits per heavy atom. The van der Waals surface area contributed by atoms with E-state index in [-0.39, 0.29) is 18.9 Å². The molecule has 2 amide bonds. The highest BCUT2D eigenvalue weighted by molar-refractivity contribution is 7.13. The highest BCUT2D eigenvalue weighted by Gasteiger charge is 2.21. The third-order valence-electron chi connectivity index (χ3n) is 3.74. The maximum atomic E-state index is 12.1. The fraction of sp³-hybridized carbons (Fsp3) is 0.444. The van der Waals surface area contributed by atoms with Crippen LogP contribution in [0.25, 0.3) is 10.8 Å². The summed E-state index contributed by atoms with van der Waals surface area (Å²) in [7, 11) is 0. The first-order valence-electron chi connectivity index (χ1n) is 8.55. The molecule has 0 bridgehead atoms. The van der Waals surface area contributed by atoms with Crippen molar-refractivity contribution in [3.05, 3.63) is 29.0 Å². The summed E-state index contributed by atoms with van der Waals surface area (Å²) < 4.78 is 5.58. The number of thiophene rings is 1. The second kappa shape index (κ2) is 9.31. The first-order chi connectivity index (χ1) is 12.8. The fourth-order valence-electron chi connectivity index (χ4n) is 2.43. The molecule has 8 nitrogen and oxygen atoms in total. The molecule has 146 valence electrons. The SMILES string of the molecule is Cc1oc(-c2cccs2)nc1CC(=O)NCC(=O)N[C@@H](CC(C)C)C(=O)O. The van der Waals surface area contributed by atoms with E-state index in [2.05, 4.69) is 15.6 Å². The van der Waals surface area contributed by atoms with Crippen LogP contribution in [0.3, 0.4) is 0 Å². The van der Waals surface area contributed by atoms with Crippen molar-refractivity contribution in [2.24, 2.45) is 5.92 Å². The van der Waals surface area contributed by atoms with Crippen molar-refractivity contribution < 1.29 is 23.9 Å². The number of hydrogen-bond acceptors (Lipinski definition) is 6. The number of aryl methyl sites for hydroxylation is 1. The van der Waals surface area contributed by atoms with Crippen LogP contribution in [0.15, 0.2) is 21.9 Å². The molecule has 0 unspecified atom stereocenters. The Hall–Kier alpha value is -2.68. The van der Waals surface area contributed by atoms with Gasteiger partial charge in [-0.05, 0) is 30.7 Å². The normalized spacial score (nSPS) is 12.0. The van der Waals surface area contributed by atoms with Crippen LogP contribution in [-0.4, -0.2) is 40.5 Å². The largest absolute Gasteiger partial charge is 0.480 e. The number of carboxylic acid groups (broad SMARTS) is 1. The molecule has 0 fully saturated rings. The second-order valence-corrected chi connectivity index (χ2v) is 7.49. The minimum atomic E-state index is -1.09. The average Bonchev–Trinajstić information content (AvgIpc) is 3.22. The van der Waals surface area contributed by atoms with E-state index in [0.717, 1.165) is 4.88 Å². The molecule has 3 N–H and O–H groups in total. The van der Waals surface area contributed by atoms with Gasteiger partial charge < -0.3 is 20.2 Å². The Morgan fingerprint density at radius 1 is 1.30 bits per heavy atom. The quantitative estimate of drug-likeness (QED) is 0.599. The number of aromatic nitrogens is 1. The van der Waals surface area contributed by atoms with E-state index in [1.54, 1.807) is 6.92 Å². The number of aliphatic carboxylic acids is 1. The Balaban J connectivity index is 1.85. The Kier molecular flexibility index (Phi) is 7.12. The molecule has 2 aromatic rings. The molecule has 2 aromatic heterocycles. The van der Waals surface area contributed by atoms with E-state index < -0.39 is 23.8 Å². The summed E-state index contributed by atoms with van der Waals surface area (Å²) in [5.41, 5.74) is 0.500. The van der Waals surface area contributed by atoms with Crippen LogP contribution < -0.4 is 10.6 Å². The molecule has 0 aromatic carbocycles. The molecule has 0 radical (unpaired) electrons. The van der Waals surface area contributed by atoms with Crippen molar-refractivity contribution in [3.8, 4) is 10.8 Å². The monoisotopic (exact) mass is 393 g/mol. The van der Waals surface area contributed by atoms with Crippen molar-refractivity contribution in [2.75, 3.05) is 6.54 Å². The van der Waals surface area contributed by atoms with Gasteiger partial charge in [-0.25, -0.2) is 9.78 Å². The molecular formula is C18H23N3O5S. The maximum Gasteiger partial charge on any atom is 0.326 e. The third-order valence-corrected chi connectivity index (χ3v) is 4.60. The molecule has 0 spiro atoms. The molecule has 0 saturated heterocycles. The molecule has 0 aliphatic carbocycles.